The number of hydroxylamine groups is 1. The first-order valence-electron chi connectivity index (χ1n) is 14.5. The van der Waals surface area contributed by atoms with Crippen molar-refractivity contribution in [1.29, 1.82) is 0 Å². The molecule has 14 nitrogen and oxygen atoms in total. The molecule has 1 aromatic rings. The third kappa shape index (κ3) is 15.2. The number of unbranched alkanes of at least 4 members (excludes halogenated alkanes) is 1. The van der Waals surface area contributed by atoms with Gasteiger partial charge in [-0.05, 0) is 24.0 Å². The van der Waals surface area contributed by atoms with Gasteiger partial charge in [0.15, 0.2) is 0 Å². The molecule has 1 aliphatic heterocycles. The van der Waals surface area contributed by atoms with E-state index in [1.807, 2.05) is 36.1 Å². The summed E-state index contributed by atoms with van der Waals surface area (Å²) in [4.78, 5) is 58.1. The average Bonchev–Trinajstić information content (AvgIpc) is 2.94. The van der Waals surface area contributed by atoms with E-state index in [0.717, 1.165) is 24.0 Å². The monoisotopic (exact) mass is 593 g/mol. The summed E-state index contributed by atoms with van der Waals surface area (Å²) in [5, 5.41) is 24.7. The Hall–Kier alpha value is -3.14. The van der Waals surface area contributed by atoms with Gasteiger partial charge in [-0.3, -0.25) is 38.7 Å². The van der Waals surface area contributed by atoms with Crippen molar-refractivity contribution in [1.82, 2.24) is 30.8 Å². The molecule has 1 fully saturated rings. The molecular formula is C28H47N7O7. The number of rotatable bonds is 15. The maximum absolute atomic E-state index is 12.8. The molecule has 1 atom stereocenters. The van der Waals surface area contributed by atoms with Crippen LogP contribution in [-0.4, -0.2) is 133 Å². The predicted octanol–water partition coefficient (Wildman–Crippen LogP) is -1.30. The summed E-state index contributed by atoms with van der Waals surface area (Å²) in [6.45, 7) is 6.82. The summed E-state index contributed by atoms with van der Waals surface area (Å²) < 4.78 is 0. The Kier molecular flexibility index (Phi) is 16.6. The molecule has 0 bridgehead atoms. The summed E-state index contributed by atoms with van der Waals surface area (Å²) in [5.74, 6) is -2.39. The lowest BCUT2D eigenvalue weighted by atomic mass is 10.0. The van der Waals surface area contributed by atoms with E-state index in [0.29, 0.717) is 71.9 Å². The standard InChI is InChI=1S/C28H47N7O7/c1-2-3-16-42-32-28(41)24(29)17-22-4-6-23(7-5-22)18-31-25(36)19-33-10-8-30-9-11-34(20-26(37)38)13-15-35(14-12-33)21-27(39)40/h4-7,24,30H,2-3,8-21,29H2,1H3,(H,31,36)(H,32,41)(H,37,38)(H,39,40)/t24-/m1/s1. The van der Waals surface area contributed by atoms with Gasteiger partial charge in [-0.25, -0.2) is 5.48 Å². The SMILES string of the molecule is CCCCONC(=O)[C@H](N)Cc1ccc(CNC(=O)CN2CCNCCN(CC(=O)O)CCN(CC(=O)O)CC2)cc1. The van der Waals surface area contributed by atoms with E-state index in [-0.39, 0.29) is 31.4 Å². The number of nitrogens with zero attached hydrogens (tertiary/aromatic N) is 3. The van der Waals surface area contributed by atoms with Gasteiger partial charge in [0.25, 0.3) is 5.91 Å². The van der Waals surface area contributed by atoms with Gasteiger partial charge in [-0.2, -0.15) is 0 Å². The number of carboxylic acids is 2. The summed E-state index contributed by atoms with van der Waals surface area (Å²) in [6, 6.07) is 6.79. The van der Waals surface area contributed by atoms with Crippen molar-refractivity contribution in [2.45, 2.75) is 38.8 Å². The van der Waals surface area contributed by atoms with Crippen LogP contribution in [0, 0.1) is 0 Å². The molecule has 0 saturated carbocycles. The highest BCUT2D eigenvalue weighted by Crippen LogP contribution is 2.07. The van der Waals surface area contributed by atoms with Gasteiger partial charge in [0, 0.05) is 58.9 Å². The Morgan fingerprint density at radius 2 is 1.40 bits per heavy atom. The van der Waals surface area contributed by atoms with Gasteiger partial charge in [-0.1, -0.05) is 37.6 Å². The largest absolute Gasteiger partial charge is 0.480 e. The van der Waals surface area contributed by atoms with Crippen LogP contribution >= 0.6 is 0 Å². The van der Waals surface area contributed by atoms with Crippen LogP contribution in [-0.2, 0) is 37.0 Å². The van der Waals surface area contributed by atoms with Gasteiger partial charge >= 0.3 is 11.9 Å². The summed E-state index contributed by atoms with van der Waals surface area (Å²) in [6.07, 6.45) is 2.18. The number of benzene rings is 1. The zero-order valence-corrected chi connectivity index (χ0v) is 24.6. The van der Waals surface area contributed by atoms with Crippen molar-refractivity contribution in [2.75, 3.05) is 78.6 Å². The zero-order valence-electron chi connectivity index (χ0n) is 24.6. The van der Waals surface area contributed by atoms with E-state index in [1.165, 1.54) is 0 Å². The highest BCUT2D eigenvalue weighted by Gasteiger charge is 2.18. The van der Waals surface area contributed by atoms with Crippen LogP contribution in [0.3, 0.4) is 0 Å². The lowest BCUT2D eigenvalue weighted by Crippen LogP contribution is -2.48. The third-order valence-electron chi connectivity index (χ3n) is 6.84. The molecule has 42 heavy (non-hydrogen) atoms. The van der Waals surface area contributed by atoms with Crippen LogP contribution in [0.4, 0.5) is 0 Å². The minimum Gasteiger partial charge on any atom is -0.480 e. The maximum atomic E-state index is 12.8. The van der Waals surface area contributed by atoms with Crippen LogP contribution in [0.2, 0.25) is 0 Å². The lowest BCUT2D eigenvalue weighted by molar-refractivity contribution is -0.140. The van der Waals surface area contributed by atoms with Gasteiger partial charge in [-0.15, -0.1) is 0 Å². The van der Waals surface area contributed by atoms with E-state index in [2.05, 4.69) is 16.1 Å². The number of carboxylic acid groups (broad SMARTS) is 2. The van der Waals surface area contributed by atoms with Gasteiger partial charge in [0.2, 0.25) is 5.91 Å². The Labute approximate surface area is 247 Å². The third-order valence-corrected chi connectivity index (χ3v) is 6.84. The fourth-order valence-corrected chi connectivity index (χ4v) is 4.37. The smallest absolute Gasteiger partial charge is 0.317 e. The van der Waals surface area contributed by atoms with Crippen LogP contribution in [0.1, 0.15) is 30.9 Å². The number of carbonyl (C=O) groups is 4. The molecule has 0 unspecified atom stereocenters. The van der Waals surface area contributed by atoms with Gasteiger partial charge in [0.1, 0.15) is 0 Å². The Morgan fingerprint density at radius 1 is 0.881 bits per heavy atom. The number of nitrogens with one attached hydrogen (secondary N) is 3. The molecule has 2 rings (SSSR count). The van der Waals surface area contributed by atoms with E-state index < -0.39 is 18.0 Å². The van der Waals surface area contributed by atoms with E-state index in [4.69, 9.17) is 15.7 Å². The highest BCUT2D eigenvalue weighted by atomic mass is 16.6. The fraction of sp³-hybridized carbons (Fsp3) is 0.643. The Balaban J connectivity index is 1.83. The van der Waals surface area contributed by atoms with Crippen molar-refractivity contribution in [3.63, 3.8) is 0 Å². The number of amides is 2. The number of nitrogens with two attached hydrogens (primary N) is 1. The molecule has 1 saturated heterocycles. The minimum atomic E-state index is -0.953. The molecule has 0 aromatic heterocycles. The number of carbonyl (C=O) groups excluding carboxylic acids is 2. The molecule has 1 aromatic carbocycles. The van der Waals surface area contributed by atoms with Gasteiger partial charge in [0.05, 0.1) is 32.3 Å². The molecule has 1 aliphatic rings. The predicted molar refractivity (Wildman–Crippen MR) is 156 cm³/mol. The lowest BCUT2D eigenvalue weighted by Gasteiger charge is -2.30. The zero-order chi connectivity index (χ0) is 30.7. The molecule has 0 aliphatic carbocycles. The number of aliphatic carboxylic acids is 2. The number of hydrogen-bond acceptors (Lipinski definition) is 10. The topological polar surface area (TPSA) is 190 Å². The van der Waals surface area contributed by atoms with Crippen molar-refractivity contribution in [3.8, 4) is 0 Å². The number of hydrogen-bond donors (Lipinski definition) is 6. The first-order chi connectivity index (χ1) is 20.2. The maximum Gasteiger partial charge on any atom is 0.317 e. The normalized spacial score (nSPS) is 17.0. The van der Waals surface area contributed by atoms with Crippen molar-refractivity contribution >= 4 is 23.8 Å². The Morgan fingerprint density at radius 3 is 1.95 bits per heavy atom. The van der Waals surface area contributed by atoms with Crippen LogP contribution in [0.5, 0.6) is 0 Å². The molecule has 7 N–H and O–H groups in total. The molecular weight excluding hydrogens is 546 g/mol. The first-order valence-corrected chi connectivity index (χ1v) is 14.5. The molecule has 14 heteroatoms. The minimum absolute atomic E-state index is 0.100. The van der Waals surface area contributed by atoms with Crippen LogP contribution in [0.25, 0.3) is 0 Å². The van der Waals surface area contributed by atoms with Crippen molar-refractivity contribution in [2.24, 2.45) is 5.73 Å². The van der Waals surface area contributed by atoms with E-state index in [1.54, 1.807) is 9.80 Å². The molecule has 1 heterocycles. The first kappa shape index (κ1) is 35.1. The van der Waals surface area contributed by atoms with Crippen LogP contribution in [0.15, 0.2) is 24.3 Å². The summed E-state index contributed by atoms with van der Waals surface area (Å²) >= 11 is 0. The second-order valence-corrected chi connectivity index (χ2v) is 10.4. The van der Waals surface area contributed by atoms with E-state index in [9.17, 15) is 24.3 Å². The second kappa shape index (κ2) is 19.9. The van der Waals surface area contributed by atoms with E-state index >= 15 is 0 Å². The Bertz CT molecular complexity index is 980. The van der Waals surface area contributed by atoms with Gasteiger partial charge < -0.3 is 26.6 Å². The highest BCUT2D eigenvalue weighted by molar-refractivity contribution is 5.80. The quantitative estimate of drug-likeness (QED) is 0.104. The average molecular weight is 594 g/mol. The molecule has 236 valence electrons. The summed E-state index contributed by atoms with van der Waals surface area (Å²) in [7, 11) is 0. The fourth-order valence-electron chi connectivity index (χ4n) is 4.37. The van der Waals surface area contributed by atoms with Crippen LogP contribution < -0.4 is 21.8 Å². The van der Waals surface area contributed by atoms with Crippen molar-refractivity contribution < 1.29 is 34.2 Å². The summed E-state index contributed by atoms with van der Waals surface area (Å²) in [5.41, 5.74) is 10.2. The molecule has 0 radical (unpaired) electrons. The molecule has 2 amide bonds. The van der Waals surface area contributed by atoms with Crippen molar-refractivity contribution in [3.05, 3.63) is 35.4 Å². The second-order valence-electron chi connectivity index (χ2n) is 10.4. The molecule has 0 spiro atoms.